The summed E-state index contributed by atoms with van der Waals surface area (Å²) in [5, 5.41) is 12.0. The van der Waals surface area contributed by atoms with Gasteiger partial charge in [-0.2, -0.15) is 0 Å². The number of thiophene rings is 1. The normalized spacial score (nSPS) is 14.8. The molecule has 0 unspecified atom stereocenters. The predicted octanol–water partition coefficient (Wildman–Crippen LogP) is 2.61. The summed E-state index contributed by atoms with van der Waals surface area (Å²) in [5.41, 5.74) is 0.580. The van der Waals surface area contributed by atoms with E-state index < -0.39 is 0 Å². The first-order valence-electron chi connectivity index (χ1n) is 8.89. The Bertz CT molecular complexity index is 836. The van der Waals surface area contributed by atoms with Gasteiger partial charge in [0, 0.05) is 29.4 Å². The third-order valence-electron chi connectivity index (χ3n) is 4.73. The number of carbonyl (C=O) groups excluding carboxylic acids is 3. The molecule has 2 N–H and O–H groups in total. The summed E-state index contributed by atoms with van der Waals surface area (Å²) in [6.07, 6.45) is 1.20. The van der Waals surface area contributed by atoms with Crippen molar-refractivity contribution < 1.29 is 19.5 Å². The highest BCUT2D eigenvalue weighted by Crippen LogP contribution is 2.23. The predicted molar refractivity (Wildman–Crippen MR) is 103 cm³/mol. The first-order chi connectivity index (χ1) is 12.9. The molecule has 3 rings (SSSR count). The molecule has 7 heteroatoms. The Morgan fingerprint density at radius 2 is 1.78 bits per heavy atom. The highest BCUT2D eigenvalue weighted by molar-refractivity contribution is 7.13. The molecule has 0 spiro atoms. The van der Waals surface area contributed by atoms with Crippen LogP contribution in [0.1, 0.15) is 37.7 Å². The molecule has 1 aromatic carbocycles. The molecule has 0 aliphatic carbocycles. The molecule has 6 nitrogen and oxygen atoms in total. The van der Waals surface area contributed by atoms with Gasteiger partial charge in [-0.1, -0.05) is 0 Å². The van der Waals surface area contributed by atoms with Gasteiger partial charge in [0.05, 0.1) is 11.4 Å². The first-order valence-corrected chi connectivity index (χ1v) is 9.71. The minimum absolute atomic E-state index is 0.0354. The number of aryl methyl sites for hydroxylation is 1. The molecule has 1 fully saturated rings. The zero-order valence-electron chi connectivity index (χ0n) is 15.1. The van der Waals surface area contributed by atoms with E-state index in [0.717, 1.165) is 4.88 Å². The van der Waals surface area contributed by atoms with Crippen LogP contribution < -0.4 is 5.32 Å². The van der Waals surface area contributed by atoms with Crippen LogP contribution in [0, 0.1) is 12.8 Å². The number of carbonyl (C=O) groups is 3. The van der Waals surface area contributed by atoms with E-state index in [1.807, 2.05) is 13.0 Å². The maximum absolute atomic E-state index is 12.5. The van der Waals surface area contributed by atoms with Crippen molar-refractivity contribution in [3.05, 3.63) is 51.7 Å². The molecule has 0 atom stereocenters. The second kappa shape index (κ2) is 8.35. The average molecular weight is 386 g/mol. The number of hydrogen-bond acceptors (Lipinski definition) is 5. The Labute approximate surface area is 161 Å². The molecule has 2 amide bonds. The van der Waals surface area contributed by atoms with Gasteiger partial charge >= 0.3 is 0 Å². The number of piperidine rings is 1. The summed E-state index contributed by atoms with van der Waals surface area (Å²) in [6.45, 7) is 2.89. The average Bonchev–Trinajstić information content (AvgIpc) is 3.12. The van der Waals surface area contributed by atoms with Gasteiger partial charge in [-0.05, 0) is 56.2 Å². The fraction of sp³-hybridized carbons (Fsp3) is 0.350. The third kappa shape index (κ3) is 4.74. The maximum Gasteiger partial charge on any atom is 0.261 e. The van der Waals surface area contributed by atoms with Gasteiger partial charge in [0.25, 0.3) is 5.91 Å². The lowest BCUT2D eigenvalue weighted by atomic mass is 9.89. The molecular formula is C20H22N2O4S. The van der Waals surface area contributed by atoms with E-state index in [1.54, 1.807) is 23.1 Å². The fourth-order valence-corrected chi connectivity index (χ4v) is 3.95. The Hall–Kier alpha value is -2.67. The number of nitrogens with zero attached hydrogens (tertiary/aromatic N) is 1. The highest BCUT2D eigenvalue weighted by atomic mass is 32.1. The number of aromatic hydroxyl groups is 1. The molecule has 0 radical (unpaired) electrons. The van der Waals surface area contributed by atoms with Crippen molar-refractivity contribution in [1.82, 2.24) is 10.2 Å². The SMILES string of the molecule is Cc1ccc(C(=O)NCC(=O)N2CCC(C(=O)c3ccc(O)cc3)CC2)s1. The molecule has 2 aromatic rings. The Kier molecular flexibility index (Phi) is 5.91. The number of phenolic OH excluding ortho intramolecular Hbond substituents is 1. The smallest absolute Gasteiger partial charge is 0.261 e. The molecule has 0 saturated carbocycles. The zero-order chi connectivity index (χ0) is 19.4. The molecule has 1 aromatic heterocycles. The van der Waals surface area contributed by atoms with Crippen molar-refractivity contribution in [2.24, 2.45) is 5.92 Å². The Balaban J connectivity index is 1.47. The van der Waals surface area contributed by atoms with Crippen molar-refractivity contribution in [2.45, 2.75) is 19.8 Å². The number of likely N-dealkylation sites (tertiary alicyclic amines) is 1. The van der Waals surface area contributed by atoms with Crippen molar-refractivity contribution >= 4 is 28.9 Å². The third-order valence-corrected chi connectivity index (χ3v) is 5.73. The highest BCUT2D eigenvalue weighted by Gasteiger charge is 2.28. The summed E-state index contributed by atoms with van der Waals surface area (Å²) in [7, 11) is 0. The standard InChI is InChI=1S/C20H22N2O4S/c1-13-2-7-17(27-13)20(26)21-12-18(24)22-10-8-15(9-11-22)19(25)14-3-5-16(23)6-4-14/h2-7,15,23H,8-12H2,1H3,(H,21,26). The topological polar surface area (TPSA) is 86.7 Å². The number of hydrogen-bond donors (Lipinski definition) is 2. The van der Waals surface area contributed by atoms with E-state index in [-0.39, 0.29) is 35.8 Å². The van der Waals surface area contributed by atoms with Crippen molar-refractivity contribution in [2.75, 3.05) is 19.6 Å². The van der Waals surface area contributed by atoms with Crippen LogP contribution in [0.15, 0.2) is 36.4 Å². The number of rotatable bonds is 5. The molecule has 2 heterocycles. The minimum Gasteiger partial charge on any atom is -0.508 e. The first kappa shape index (κ1) is 19.1. The van der Waals surface area contributed by atoms with Crippen LogP contribution in [-0.4, -0.2) is 47.2 Å². The second-order valence-electron chi connectivity index (χ2n) is 6.66. The zero-order valence-corrected chi connectivity index (χ0v) is 15.9. The lowest BCUT2D eigenvalue weighted by Gasteiger charge is -2.31. The van der Waals surface area contributed by atoms with E-state index in [4.69, 9.17) is 0 Å². The molecular weight excluding hydrogens is 364 g/mol. The lowest BCUT2D eigenvalue weighted by Crippen LogP contribution is -2.45. The number of ketones is 1. The molecule has 1 saturated heterocycles. The summed E-state index contributed by atoms with van der Waals surface area (Å²) in [5.74, 6) is -0.316. The molecule has 1 aliphatic heterocycles. The molecule has 1 aliphatic rings. The van der Waals surface area contributed by atoms with Crippen molar-refractivity contribution in [1.29, 1.82) is 0 Å². The van der Waals surface area contributed by atoms with Gasteiger partial charge in [0.1, 0.15) is 5.75 Å². The van der Waals surface area contributed by atoms with Gasteiger partial charge in [0.2, 0.25) is 5.91 Å². The number of benzene rings is 1. The van der Waals surface area contributed by atoms with Gasteiger partial charge in [-0.3, -0.25) is 14.4 Å². The van der Waals surface area contributed by atoms with Gasteiger partial charge in [0.15, 0.2) is 5.78 Å². The van der Waals surface area contributed by atoms with Crippen molar-refractivity contribution in [3.63, 3.8) is 0 Å². The van der Waals surface area contributed by atoms with E-state index in [0.29, 0.717) is 36.4 Å². The van der Waals surface area contributed by atoms with E-state index in [1.165, 1.54) is 23.5 Å². The van der Waals surface area contributed by atoms with Crippen LogP contribution >= 0.6 is 11.3 Å². The van der Waals surface area contributed by atoms with Crippen LogP contribution in [0.4, 0.5) is 0 Å². The number of amides is 2. The van der Waals surface area contributed by atoms with E-state index >= 15 is 0 Å². The Morgan fingerprint density at radius 3 is 2.37 bits per heavy atom. The monoisotopic (exact) mass is 386 g/mol. The summed E-state index contributed by atoms with van der Waals surface area (Å²) >= 11 is 1.40. The quantitative estimate of drug-likeness (QED) is 0.774. The summed E-state index contributed by atoms with van der Waals surface area (Å²) in [6, 6.07) is 9.87. The maximum atomic E-state index is 12.5. The molecule has 142 valence electrons. The summed E-state index contributed by atoms with van der Waals surface area (Å²) < 4.78 is 0. The number of Topliss-reactive ketones (excluding diaryl/α,β-unsaturated/α-hetero) is 1. The van der Waals surface area contributed by atoms with E-state index in [2.05, 4.69) is 5.32 Å². The van der Waals surface area contributed by atoms with Crippen LogP contribution in [0.3, 0.4) is 0 Å². The van der Waals surface area contributed by atoms with Crippen LogP contribution in [0.5, 0.6) is 5.75 Å². The fourth-order valence-electron chi connectivity index (χ4n) is 3.16. The number of nitrogens with one attached hydrogen (secondary N) is 1. The summed E-state index contributed by atoms with van der Waals surface area (Å²) in [4.78, 5) is 40.2. The van der Waals surface area contributed by atoms with Crippen LogP contribution in [0.2, 0.25) is 0 Å². The van der Waals surface area contributed by atoms with Crippen molar-refractivity contribution in [3.8, 4) is 5.75 Å². The largest absolute Gasteiger partial charge is 0.508 e. The van der Waals surface area contributed by atoms with Gasteiger partial charge < -0.3 is 15.3 Å². The van der Waals surface area contributed by atoms with Gasteiger partial charge in [-0.25, -0.2) is 0 Å². The van der Waals surface area contributed by atoms with Crippen LogP contribution in [0.25, 0.3) is 0 Å². The molecule has 0 bridgehead atoms. The Morgan fingerprint density at radius 1 is 1.11 bits per heavy atom. The van der Waals surface area contributed by atoms with E-state index in [9.17, 15) is 19.5 Å². The van der Waals surface area contributed by atoms with Crippen LogP contribution in [-0.2, 0) is 4.79 Å². The number of phenols is 1. The minimum atomic E-state index is -0.237. The second-order valence-corrected chi connectivity index (χ2v) is 7.95. The lowest BCUT2D eigenvalue weighted by molar-refractivity contribution is -0.131. The molecule has 27 heavy (non-hydrogen) atoms. The van der Waals surface area contributed by atoms with Gasteiger partial charge in [-0.15, -0.1) is 11.3 Å².